The third kappa shape index (κ3) is 10.4. The van der Waals surface area contributed by atoms with Crippen LogP contribution < -0.4 is 5.73 Å². The van der Waals surface area contributed by atoms with Crippen LogP contribution in [0.4, 0.5) is 0 Å². The Hall–Kier alpha value is -4.86. The highest BCUT2D eigenvalue weighted by Gasteiger charge is 2.21. The van der Waals surface area contributed by atoms with Crippen LogP contribution in [0.2, 0.25) is 0 Å². The molecule has 0 radical (unpaired) electrons. The van der Waals surface area contributed by atoms with Gasteiger partial charge in [-0.2, -0.15) is 0 Å². The van der Waals surface area contributed by atoms with Crippen molar-refractivity contribution in [1.29, 1.82) is 5.41 Å². The molecule has 0 saturated carbocycles. The van der Waals surface area contributed by atoms with Crippen LogP contribution >= 0.6 is 0 Å². The topological polar surface area (TPSA) is 149 Å². The molecule has 0 aliphatic rings. The lowest BCUT2D eigenvalue weighted by molar-refractivity contribution is -0.138. The molecule has 0 atom stereocenters. The van der Waals surface area contributed by atoms with Gasteiger partial charge in [-0.15, -0.1) is 0 Å². The van der Waals surface area contributed by atoms with E-state index in [9.17, 15) is 14.4 Å². The zero-order valence-electron chi connectivity index (χ0n) is 22.0. The second kappa shape index (κ2) is 17.6. The average Bonchev–Trinajstić information content (AvgIpc) is 2.93. The van der Waals surface area contributed by atoms with Gasteiger partial charge in [0.1, 0.15) is 17.5 Å². The molecule has 0 fully saturated rings. The molecule has 3 aromatic rings. The lowest BCUT2D eigenvalue weighted by Gasteiger charge is -2.10. The standard InChI is InChI=1S/C14H17NO3.C13H12N2O2.CH4N2/c1-4-18-14(17)12(10-15(2)3)13(16)11-8-6-5-7-9-11;1-2-17-13(16)11-8-14-9-15-12(11)10-6-4-3-5-7-10;2-1-3/h5-10H,4H2,1-3H3;3-9H,2H2,1H3;1H,(H3,2,3)/b12-10-;;. The number of nitrogens with two attached hydrogens (primary N) is 1. The Bertz CT molecular complexity index is 1200. The van der Waals surface area contributed by atoms with Crippen molar-refractivity contribution in [2.45, 2.75) is 13.8 Å². The Kier molecular flexibility index (Phi) is 14.4. The molecule has 10 heteroatoms. The van der Waals surface area contributed by atoms with E-state index in [0.717, 1.165) is 11.9 Å². The van der Waals surface area contributed by atoms with Crippen LogP contribution in [0.5, 0.6) is 0 Å². The molecule has 0 amide bonds. The Morgan fingerprint density at radius 1 is 0.947 bits per heavy atom. The molecule has 0 bridgehead atoms. The molecule has 1 heterocycles. The number of carbonyl (C=O) groups is 3. The molecule has 0 unspecified atom stereocenters. The minimum Gasteiger partial charge on any atom is -0.462 e. The van der Waals surface area contributed by atoms with Crippen LogP contribution in [0.1, 0.15) is 34.6 Å². The van der Waals surface area contributed by atoms with E-state index in [1.165, 1.54) is 18.7 Å². The number of Topliss-reactive ketones (excluding diaryl/α,β-unsaturated/α-hetero) is 1. The van der Waals surface area contributed by atoms with Crippen LogP contribution in [0, 0.1) is 5.41 Å². The van der Waals surface area contributed by atoms with Gasteiger partial charge >= 0.3 is 11.9 Å². The van der Waals surface area contributed by atoms with E-state index in [2.05, 4.69) is 15.7 Å². The second-order valence-electron chi connectivity index (χ2n) is 7.46. The van der Waals surface area contributed by atoms with Crippen LogP contribution in [0.15, 0.2) is 85.0 Å². The summed E-state index contributed by atoms with van der Waals surface area (Å²) in [5.74, 6) is -1.32. The maximum absolute atomic E-state index is 12.2. The summed E-state index contributed by atoms with van der Waals surface area (Å²) in [7, 11) is 3.50. The first-order valence-corrected chi connectivity index (χ1v) is 11.7. The lowest BCUT2D eigenvalue weighted by Crippen LogP contribution is -2.19. The number of hydrogen-bond acceptors (Lipinski definition) is 9. The maximum Gasteiger partial charge on any atom is 0.343 e. The summed E-state index contributed by atoms with van der Waals surface area (Å²) in [6.07, 6.45) is 5.13. The van der Waals surface area contributed by atoms with E-state index in [4.69, 9.17) is 14.9 Å². The van der Waals surface area contributed by atoms with Crippen LogP contribution in [-0.2, 0) is 14.3 Å². The molecule has 10 nitrogen and oxygen atoms in total. The maximum atomic E-state index is 12.2. The number of benzene rings is 2. The fourth-order valence-electron chi connectivity index (χ4n) is 2.93. The summed E-state index contributed by atoms with van der Waals surface area (Å²) < 4.78 is 9.86. The van der Waals surface area contributed by atoms with Gasteiger partial charge in [-0.3, -0.25) is 10.2 Å². The number of ketones is 1. The number of nitrogens with one attached hydrogen (secondary N) is 1. The van der Waals surface area contributed by atoms with E-state index < -0.39 is 11.9 Å². The summed E-state index contributed by atoms with van der Waals surface area (Å²) >= 11 is 0. The summed E-state index contributed by atoms with van der Waals surface area (Å²) in [6, 6.07) is 18.2. The lowest BCUT2D eigenvalue weighted by atomic mass is 10.0. The van der Waals surface area contributed by atoms with Crippen LogP contribution in [0.25, 0.3) is 11.3 Å². The van der Waals surface area contributed by atoms with E-state index in [1.54, 1.807) is 57.1 Å². The number of rotatable bonds is 8. The summed E-state index contributed by atoms with van der Waals surface area (Å²) in [6.45, 7) is 4.05. The van der Waals surface area contributed by atoms with Gasteiger partial charge in [-0.1, -0.05) is 60.7 Å². The molecule has 0 spiro atoms. The van der Waals surface area contributed by atoms with Gasteiger partial charge in [-0.05, 0) is 13.8 Å². The molecule has 0 aliphatic carbocycles. The third-order valence-corrected chi connectivity index (χ3v) is 4.42. The number of ether oxygens (including phenoxy) is 2. The van der Waals surface area contributed by atoms with E-state index >= 15 is 0 Å². The second-order valence-corrected chi connectivity index (χ2v) is 7.46. The average molecular weight is 520 g/mol. The quantitative estimate of drug-likeness (QED) is 0.0863. The number of carbonyl (C=O) groups excluding carboxylic acids is 3. The highest BCUT2D eigenvalue weighted by atomic mass is 16.5. The van der Waals surface area contributed by atoms with Crippen LogP contribution in [0.3, 0.4) is 0 Å². The highest BCUT2D eigenvalue weighted by Crippen LogP contribution is 2.20. The predicted molar refractivity (Wildman–Crippen MR) is 146 cm³/mol. The van der Waals surface area contributed by atoms with Crippen molar-refractivity contribution >= 4 is 24.1 Å². The van der Waals surface area contributed by atoms with E-state index in [-0.39, 0.29) is 18.0 Å². The van der Waals surface area contributed by atoms with Gasteiger partial charge < -0.3 is 20.1 Å². The molecule has 1 aromatic heterocycles. The largest absolute Gasteiger partial charge is 0.462 e. The Morgan fingerprint density at radius 3 is 2.03 bits per heavy atom. The molecular formula is C28H33N5O5. The number of esters is 2. The molecule has 38 heavy (non-hydrogen) atoms. The van der Waals surface area contributed by atoms with Gasteiger partial charge in [-0.25, -0.2) is 19.6 Å². The van der Waals surface area contributed by atoms with Gasteiger partial charge in [0, 0.05) is 37.6 Å². The summed E-state index contributed by atoms with van der Waals surface area (Å²) in [5.41, 5.74) is 6.75. The van der Waals surface area contributed by atoms with Gasteiger partial charge in [0.2, 0.25) is 5.78 Å². The Morgan fingerprint density at radius 2 is 1.50 bits per heavy atom. The molecule has 3 rings (SSSR count). The van der Waals surface area contributed by atoms with Crippen molar-refractivity contribution in [2.75, 3.05) is 27.3 Å². The molecule has 0 saturated heterocycles. The zero-order chi connectivity index (χ0) is 28.3. The number of hydrogen-bond donors (Lipinski definition) is 2. The molecule has 0 aliphatic heterocycles. The number of aromatic nitrogens is 2. The van der Waals surface area contributed by atoms with Crippen molar-refractivity contribution < 1.29 is 23.9 Å². The summed E-state index contributed by atoms with van der Waals surface area (Å²) in [4.78, 5) is 45.3. The van der Waals surface area contributed by atoms with Gasteiger partial charge in [0.25, 0.3) is 0 Å². The normalized spacial score (nSPS) is 9.95. The first-order chi connectivity index (χ1) is 18.3. The molecule has 200 valence electrons. The fourth-order valence-corrected chi connectivity index (χ4v) is 2.93. The van der Waals surface area contributed by atoms with Crippen molar-refractivity contribution in [1.82, 2.24) is 14.9 Å². The van der Waals surface area contributed by atoms with Gasteiger partial charge in [0.15, 0.2) is 0 Å². The predicted octanol–water partition coefficient (Wildman–Crippen LogP) is 3.75. The Balaban J connectivity index is 0.000000345. The van der Waals surface area contributed by atoms with E-state index in [1.807, 2.05) is 36.4 Å². The molecule has 2 aromatic carbocycles. The summed E-state index contributed by atoms with van der Waals surface area (Å²) in [5, 5.41) is 5.86. The first kappa shape index (κ1) is 31.2. The minimum atomic E-state index is -0.597. The monoisotopic (exact) mass is 519 g/mol. The smallest absolute Gasteiger partial charge is 0.343 e. The number of nitrogens with zero attached hydrogens (tertiary/aromatic N) is 3. The van der Waals surface area contributed by atoms with Gasteiger partial charge in [0.05, 0.1) is 25.2 Å². The first-order valence-electron chi connectivity index (χ1n) is 11.7. The third-order valence-electron chi connectivity index (χ3n) is 4.42. The highest BCUT2D eigenvalue weighted by molar-refractivity contribution is 6.24. The van der Waals surface area contributed by atoms with Crippen molar-refractivity contribution in [3.05, 3.63) is 96.1 Å². The fraction of sp³-hybridized carbons (Fsp3) is 0.214. The van der Waals surface area contributed by atoms with E-state index in [0.29, 0.717) is 23.4 Å². The molecule has 3 N–H and O–H groups in total. The van der Waals surface area contributed by atoms with Crippen molar-refractivity contribution in [2.24, 2.45) is 5.73 Å². The van der Waals surface area contributed by atoms with Crippen molar-refractivity contribution in [3.8, 4) is 11.3 Å². The van der Waals surface area contributed by atoms with Crippen LogP contribution in [-0.4, -0.2) is 66.2 Å². The SMILES string of the molecule is CCOC(=O)/C(=C\N(C)C)C(=O)c1ccccc1.CCOC(=O)c1cncnc1-c1ccccc1.N=CN. The zero-order valence-corrected chi connectivity index (χ0v) is 22.0. The Labute approximate surface area is 222 Å². The van der Waals surface area contributed by atoms with Crippen molar-refractivity contribution in [3.63, 3.8) is 0 Å². The molecular weight excluding hydrogens is 486 g/mol. The minimum absolute atomic E-state index is 0.0352.